The van der Waals surface area contributed by atoms with Crippen molar-refractivity contribution >= 4 is 28.6 Å². The van der Waals surface area contributed by atoms with Gasteiger partial charge in [0.25, 0.3) is 0 Å². The molecule has 0 amide bonds. The second-order valence-corrected chi connectivity index (χ2v) is 3.22. The summed E-state index contributed by atoms with van der Waals surface area (Å²) < 4.78 is 1.60. The quantitative estimate of drug-likeness (QED) is 0.685. The van der Waals surface area contributed by atoms with Gasteiger partial charge in [-0.15, -0.1) is 0 Å². The Balaban J connectivity index is 2.74. The van der Waals surface area contributed by atoms with Crippen LogP contribution in [0.3, 0.4) is 0 Å². The van der Waals surface area contributed by atoms with E-state index in [2.05, 4.69) is 0 Å². The van der Waals surface area contributed by atoms with Crippen molar-refractivity contribution in [1.29, 1.82) is 0 Å². The highest BCUT2D eigenvalue weighted by Crippen LogP contribution is 2.09. The van der Waals surface area contributed by atoms with E-state index in [1.165, 1.54) is 0 Å². The van der Waals surface area contributed by atoms with Gasteiger partial charge in [-0.3, -0.25) is 0 Å². The Kier molecular flexibility index (Phi) is 3.95. The van der Waals surface area contributed by atoms with Gasteiger partial charge in [-0.25, -0.2) is 4.79 Å². The molecule has 0 aliphatic carbocycles. The summed E-state index contributed by atoms with van der Waals surface area (Å²) in [7, 11) is 0. The SMILES string of the molecule is O=C(O)C(=CI)Cc1ccccc1. The maximum absolute atomic E-state index is 10.7. The van der Waals surface area contributed by atoms with Gasteiger partial charge in [0.1, 0.15) is 0 Å². The molecule has 13 heavy (non-hydrogen) atoms. The molecule has 0 saturated carbocycles. The standard InChI is InChI=1S/C10H9IO2/c11-7-9(10(12)13)6-8-4-2-1-3-5-8/h1-5,7H,6H2,(H,12,13). The van der Waals surface area contributed by atoms with E-state index in [0.717, 1.165) is 5.56 Å². The summed E-state index contributed by atoms with van der Waals surface area (Å²) >= 11 is 1.95. The number of carboxylic acids is 1. The first-order valence-electron chi connectivity index (χ1n) is 3.80. The molecule has 0 aromatic heterocycles. The van der Waals surface area contributed by atoms with Crippen LogP contribution < -0.4 is 0 Å². The molecule has 1 rings (SSSR count). The molecule has 0 saturated heterocycles. The van der Waals surface area contributed by atoms with Crippen LogP contribution in [0.4, 0.5) is 0 Å². The van der Waals surface area contributed by atoms with Crippen molar-refractivity contribution in [2.75, 3.05) is 0 Å². The van der Waals surface area contributed by atoms with Crippen LogP contribution in [-0.2, 0) is 11.2 Å². The average molecular weight is 288 g/mol. The molecule has 1 aromatic rings. The summed E-state index contributed by atoms with van der Waals surface area (Å²) in [5.74, 6) is -0.849. The molecule has 68 valence electrons. The Hall–Kier alpha value is -0.840. The van der Waals surface area contributed by atoms with Crippen LogP contribution in [-0.4, -0.2) is 11.1 Å². The Morgan fingerprint density at radius 1 is 1.38 bits per heavy atom. The second-order valence-electron chi connectivity index (χ2n) is 2.60. The fraction of sp³-hybridized carbons (Fsp3) is 0.100. The highest BCUT2D eigenvalue weighted by atomic mass is 127. The molecule has 0 unspecified atom stereocenters. The highest BCUT2D eigenvalue weighted by Gasteiger charge is 2.06. The summed E-state index contributed by atoms with van der Waals surface area (Å²) in [5, 5.41) is 8.76. The number of carbonyl (C=O) groups is 1. The summed E-state index contributed by atoms with van der Waals surface area (Å²) in [6.45, 7) is 0. The van der Waals surface area contributed by atoms with Crippen molar-refractivity contribution in [2.45, 2.75) is 6.42 Å². The lowest BCUT2D eigenvalue weighted by Gasteiger charge is -2.00. The van der Waals surface area contributed by atoms with Gasteiger partial charge in [-0.2, -0.15) is 0 Å². The molecule has 0 atom stereocenters. The first-order valence-corrected chi connectivity index (χ1v) is 5.05. The third kappa shape index (κ3) is 3.18. The van der Waals surface area contributed by atoms with Gasteiger partial charge in [0, 0.05) is 12.0 Å². The lowest BCUT2D eigenvalue weighted by Crippen LogP contribution is -2.02. The lowest BCUT2D eigenvalue weighted by molar-refractivity contribution is -0.132. The minimum absolute atomic E-state index is 0.423. The highest BCUT2D eigenvalue weighted by molar-refractivity contribution is 14.1. The average Bonchev–Trinajstić information content (AvgIpc) is 2.15. The van der Waals surface area contributed by atoms with Gasteiger partial charge in [0.15, 0.2) is 0 Å². The third-order valence-corrected chi connectivity index (χ3v) is 2.40. The number of hydrogen-bond acceptors (Lipinski definition) is 1. The van der Waals surface area contributed by atoms with Crippen molar-refractivity contribution in [2.24, 2.45) is 0 Å². The Morgan fingerprint density at radius 2 is 2.00 bits per heavy atom. The fourth-order valence-electron chi connectivity index (χ4n) is 0.977. The van der Waals surface area contributed by atoms with Crippen LogP contribution >= 0.6 is 22.6 Å². The molecule has 0 bridgehead atoms. The van der Waals surface area contributed by atoms with Gasteiger partial charge in [-0.05, 0) is 9.65 Å². The molecule has 0 heterocycles. The topological polar surface area (TPSA) is 37.3 Å². The molecule has 1 aromatic carbocycles. The number of aliphatic carboxylic acids is 1. The van der Waals surface area contributed by atoms with E-state index in [9.17, 15) is 4.79 Å². The van der Waals surface area contributed by atoms with E-state index in [1.807, 2.05) is 52.9 Å². The predicted octanol–water partition coefficient (Wildman–Crippen LogP) is 2.63. The van der Waals surface area contributed by atoms with Crippen LogP contribution in [0.15, 0.2) is 40.0 Å². The molecular formula is C10H9IO2. The smallest absolute Gasteiger partial charge is 0.332 e. The van der Waals surface area contributed by atoms with E-state index in [4.69, 9.17) is 5.11 Å². The zero-order valence-electron chi connectivity index (χ0n) is 6.90. The molecule has 2 nitrogen and oxygen atoms in total. The second kappa shape index (κ2) is 5.01. The van der Waals surface area contributed by atoms with E-state index < -0.39 is 5.97 Å². The molecular weight excluding hydrogens is 279 g/mol. The maximum Gasteiger partial charge on any atom is 0.332 e. The van der Waals surface area contributed by atoms with E-state index in [0.29, 0.717) is 12.0 Å². The van der Waals surface area contributed by atoms with Gasteiger partial charge in [0.2, 0.25) is 0 Å². The van der Waals surface area contributed by atoms with E-state index in [1.54, 1.807) is 4.08 Å². The molecule has 0 radical (unpaired) electrons. The zero-order chi connectivity index (χ0) is 9.68. The van der Waals surface area contributed by atoms with Crippen LogP contribution in [0.25, 0.3) is 0 Å². The molecule has 0 aliphatic heterocycles. The molecule has 3 heteroatoms. The van der Waals surface area contributed by atoms with E-state index in [-0.39, 0.29) is 0 Å². The van der Waals surface area contributed by atoms with Crippen molar-refractivity contribution in [3.05, 3.63) is 45.6 Å². The van der Waals surface area contributed by atoms with Crippen LogP contribution in [0.1, 0.15) is 5.56 Å². The van der Waals surface area contributed by atoms with Crippen molar-refractivity contribution < 1.29 is 9.90 Å². The largest absolute Gasteiger partial charge is 0.478 e. The number of halogens is 1. The number of carboxylic acid groups (broad SMARTS) is 1. The molecule has 0 spiro atoms. The maximum atomic E-state index is 10.7. The van der Waals surface area contributed by atoms with Crippen molar-refractivity contribution in [3.63, 3.8) is 0 Å². The van der Waals surface area contributed by atoms with Gasteiger partial charge >= 0.3 is 5.97 Å². The van der Waals surface area contributed by atoms with Gasteiger partial charge < -0.3 is 5.11 Å². The summed E-state index contributed by atoms with van der Waals surface area (Å²) in [6.07, 6.45) is 0.485. The minimum atomic E-state index is -0.849. The first-order chi connectivity index (χ1) is 6.24. The summed E-state index contributed by atoms with van der Waals surface area (Å²) in [6, 6.07) is 9.56. The van der Waals surface area contributed by atoms with Gasteiger partial charge in [0.05, 0.1) is 0 Å². The molecule has 1 N–H and O–H groups in total. The monoisotopic (exact) mass is 288 g/mol. The van der Waals surface area contributed by atoms with Gasteiger partial charge in [-0.1, -0.05) is 52.9 Å². The summed E-state index contributed by atoms with van der Waals surface area (Å²) in [5.41, 5.74) is 1.44. The number of rotatable bonds is 3. The first kappa shape index (κ1) is 10.2. The van der Waals surface area contributed by atoms with Crippen molar-refractivity contribution in [1.82, 2.24) is 0 Å². The predicted molar refractivity (Wildman–Crippen MR) is 59.9 cm³/mol. The normalized spacial score (nSPS) is 11.3. The Labute approximate surface area is 90.4 Å². The number of hydrogen-bond donors (Lipinski definition) is 1. The lowest BCUT2D eigenvalue weighted by atomic mass is 10.1. The molecule has 0 fully saturated rings. The van der Waals surface area contributed by atoms with Crippen molar-refractivity contribution in [3.8, 4) is 0 Å². The van der Waals surface area contributed by atoms with E-state index >= 15 is 0 Å². The third-order valence-electron chi connectivity index (χ3n) is 1.64. The zero-order valence-corrected chi connectivity index (χ0v) is 9.06. The summed E-state index contributed by atoms with van der Waals surface area (Å²) in [4.78, 5) is 10.7. The fourth-order valence-corrected chi connectivity index (χ4v) is 1.46. The van der Waals surface area contributed by atoms with Crippen LogP contribution in [0, 0.1) is 0 Å². The Bertz CT molecular complexity index is 317. The molecule has 0 aliphatic rings. The number of benzene rings is 1. The van der Waals surface area contributed by atoms with Crippen LogP contribution in [0.5, 0.6) is 0 Å². The Morgan fingerprint density at radius 3 is 2.46 bits per heavy atom. The van der Waals surface area contributed by atoms with Crippen LogP contribution in [0.2, 0.25) is 0 Å². The minimum Gasteiger partial charge on any atom is -0.478 e.